The summed E-state index contributed by atoms with van der Waals surface area (Å²) < 4.78 is 0. The van der Waals surface area contributed by atoms with Crippen molar-refractivity contribution >= 4 is 11.8 Å². The van der Waals surface area contributed by atoms with Gasteiger partial charge in [0.15, 0.2) is 0 Å². The van der Waals surface area contributed by atoms with Gasteiger partial charge < -0.3 is 10.6 Å². The molecule has 1 heterocycles. The highest BCUT2D eigenvalue weighted by atomic mass is 15.1. The van der Waals surface area contributed by atoms with Crippen LogP contribution in [0, 0.1) is 18.3 Å². The Morgan fingerprint density at radius 2 is 1.90 bits per heavy atom. The molecule has 0 radical (unpaired) electrons. The Morgan fingerprint density at radius 3 is 2.57 bits per heavy atom. The number of aromatic nitrogens is 2. The zero-order valence-electron chi connectivity index (χ0n) is 12.3. The van der Waals surface area contributed by atoms with Crippen LogP contribution < -0.4 is 10.6 Å². The van der Waals surface area contributed by atoms with Crippen molar-refractivity contribution in [2.75, 3.05) is 17.2 Å². The summed E-state index contributed by atoms with van der Waals surface area (Å²) in [6, 6.07) is 11.5. The van der Waals surface area contributed by atoms with Gasteiger partial charge in [-0.3, -0.25) is 0 Å². The zero-order chi connectivity index (χ0) is 15.1. The SMILES string of the molecule is CCCNc1nc(C)cc(NCc2ccc(C#N)cc2)n1. The van der Waals surface area contributed by atoms with Gasteiger partial charge in [0.25, 0.3) is 0 Å². The Morgan fingerprint density at radius 1 is 1.14 bits per heavy atom. The Balaban J connectivity index is 2.01. The molecule has 108 valence electrons. The fraction of sp³-hybridized carbons (Fsp3) is 0.312. The minimum atomic E-state index is 0.652. The highest BCUT2D eigenvalue weighted by Crippen LogP contribution is 2.12. The standard InChI is InChI=1S/C16H19N5/c1-3-8-18-16-20-12(2)9-15(21-16)19-11-14-6-4-13(10-17)5-7-14/h4-7,9H,3,8,11H2,1-2H3,(H2,18,19,20,21). The first-order valence-electron chi connectivity index (χ1n) is 7.03. The number of rotatable bonds is 6. The van der Waals surface area contributed by atoms with Crippen LogP contribution in [0.2, 0.25) is 0 Å². The molecular weight excluding hydrogens is 262 g/mol. The summed E-state index contributed by atoms with van der Waals surface area (Å²) in [5.41, 5.74) is 2.70. The molecule has 0 saturated heterocycles. The van der Waals surface area contributed by atoms with Gasteiger partial charge in [0.2, 0.25) is 5.95 Å². The molecule has 0 aliphatic rings. The number of nitrogens with one attached hydrogen (secondary N) is 2. The van der Waals surface area contributed by atoms with E-state index in [1.54, 1.807) is 0 Å². The fourth-order valence-corrected chi connectivity index (χ4v) is 1.86. The lowest BCUT2D eigenvalue weighted by molar-refractivity contribution is 0.943. The molecule has 2 aromatic rings. The monoisotopic (exact) mass is 281 g/mol. The number of nitriles is 1. The number of aryl methyl sites for hydroxylation is 1. The largest absolute Gasteiger partial charge is 0.366 e. The first-order chi connectivity index (χ1) is 10.2. The average molecular weight is 281 g/mol. The topological polar surface area (TPSA) is 73.6 Å². The highest BCUT2D eigenvalue weighted by molar-refractivity contribution is 5.43. The number of hydrogen-bond acceptors (Lipinski definition) is 5. The van der Waals surface area contributed by atoms with Crippen molar-refractivity contribution in [1.82, 2.24) is 9.97 Å². The first kappa shape index (κ1) is 14.8. The van der Waals surface area contributed by atoms with E-state index in [0.29, 0.717) is 18.1 Å². The third-order valence-corrected chi connectivity index (χ3v) is 2.94. The van der Waals surface area contributed by atoms with Crippen LogP contribution in [0.1, 0.15) is 30.2 Å². The van der Waals surface area contributed by atoms with E-state index >= 15 is 0 Å². The van der Waals surface area contributed by atoms with Crippen molar-refractivity contribution < 1.29 is 0 Å². The molecule has 1 aromatic heterocycles. The Labute approximate surface area is 125 Å². The number of nitrogens with zero attached hydrogens (tertiary/aromatic N) is 3. The van der Waals surface area contributed by atoms with E-state index in [1.807, 2.05) is 37.3 Å². The van der Waals surface area contributed by atoms with Gasteiger partial charge in [-0.05, 0) is 31.0 Å². The van der Waals surface area contributed by atoms with Gasteiger partial charge in [-0.15, -0.1) is 0 Å². The predicted octanol–water partition coefficient (Wildman–Crippen LogP) is 3.09. The fourth-order valence-electron chi connectivity index (χ4n) is 1.86. The van der Waals surface area contributed by atoms with Crippen LogP contribution in [-0.2, 0) is 6.54 Å². The van der Waals surface area contributed by atoms with Gasteiger partial charge in [-0.1, -0.05) is 19.1 Å². The molecule has 5 nitrogen and oxygen atoms in total. The summed E-state index contributed by atoms with van der Waals surface area (Å²) in [4.78, 5) is 8.78. The van der Waals surface area contributed by atoms with E-state index < -0.39 is 0 Å². The van der Waals surface area contributed by atoms with Crippen LogP contribution >= 0.6 is 0 Å². The summed E-state index contributed by atoms with van der Waals surface area (Å²) >= 11 is 0. The van der Waals surface area contributed by atoms with Crippen molar-refractivity contribution in [3.8, 4) is 6.07 Å². The maximum atomic E-state index is 8.78. The molecule has 0 atom stereocenters. The summed E-state index contributed by atoms with van der Waals surface area (Å²) in [7, 11) is 0. The van der Waals surface area contributed by atoms with E-state index in [-0.39, 0.29) is 0 Å². The van der Waals surface area contributed by atoms with Crippen molar-refractivity contribution in [3.63, 3.8) is 0 Å². The minimum absolute atomic E-state index is 0.652. The number of hydrogen-bond donors (Lipinski definition) is 2. The molecule has 0 amide bonds. The van der Waals surface area contributed by atoms with Crippen LogP contribution in [-0.4, -0.2) is 16.5 Å². The lowest BCUT2D eigenvalue weighted by Crippen LogP contribution is -2.08. The number of benzene rings is 1. The van der Waals surface area contributed by atoms with Gasteiger partial charge in [0, 0.05) is 24.8 Å². The smallest absolute Gasteiger partial charge is 0.224 e. The van der Waals surface area contributed by atoms with Crippen molar-refractivity contribution in [2.45, 2.75) is 26.8 Å². The van der Waals surface area contributed by atoms with Gasteiger partial charge in [-0.25, -0.2) is 4.98 Å². The maximum Gasteiger partial charge on any atom is 0.224 e. The molecule has 0 fully saturated rings. The molecular formula is C16H19N5. The normalized spacial score (nSPS) is 9.95. The van der Waals surface area contributed by atoms with E-state index in [4.69, 9.17) is 5.26 Å². The van der Waals surface area contributed by atoms with Crippen LogP contribution in [0.4, 0.5) is 11.8 Å². The molecule has 0 aliphatic carbocycles. The summed E-state index contributed by atoms with van der Waals surface area (Å²) in [6.07, 6.45) is 1.03. The lowest BCUT2D eigenvalue weighted by atomic mass is 10.1. The third kappa shape index (κ3) is 4.46. The Kier molecular flexibility index (Phi) is 5.10. The Hall–Kier alpha value is -2.61. The van der Waals surface area contributed by atoms with E-state index in [1.165, 1.54) is 0 Å². The van der Waals surface area contributed by atoms with Gasteiger partial charge in [-0.2, -0.15) is 10.2 Å². The summed E-state index contributed by atoms with van der Waals surface area (Å²) in [5.74, 6) is 1.45. The van der Waals surface area contributed by atoms with Crippen LogP contribution in [0.25, 0.3) is 0 Å². The van der Waals surface area contributed by atoms with E-state index in [9.17, 15) is 0 Å². The van der Waals surface area contributed by atoms with Gasteiger partial charge >= 0.3 is 0 Å². The van der Waals surface area contributed by atoms with E-state index in [2.05, 4.69) is 33.6 Å². The second-order valence-electron chi connectivity index (χ2n) is 4.81. The highest BCUT2D eigenvalue weighted by Gasteiger charge is 2.02. The van der Waals surface area contributed by atoms with Gasteiger partial charge in [0.05, 0.1) is 11.6 Å². The van der Waals surface area contributed by atoms with Crippen LogP contribution in [0.15, 0.2) is 30.3 Å². The third-order valence-electron chi connectivity index (χ3n) is 2.94. The molecule has 0 saturated carbocycles. The second-order valence-corrected chi connectivity index (χ2v) is 4.81. The Bertz CT molecular complexity index is 628. The summed E-state index contributed by atoms with van der Waals surface area (Å²) in [6.45, 7) is 5.58. The quantitative estimate of drug-likeness (QED) is 0.851. The molecule has 5 heteroatoms. The lowest BCUT2D eigenvalue weighted by Gasteiger charge is -2.09. The molecule has 2 N–H and O–H groups in total. The molecule has 2 rings (SSSR count). The molecule has 0 spiro atoms. The maximum absolute atomic E-state index is 8.78. The second kappa shape index (κ2) is 7.25. The van der Waals surface area contributed by atoms with Crippen molar-refractivity contribution in [1.29, 1.82) is 5.26 Å². The van der Waals surface area contributed by atoms with Crippen LogP contribution in [0.3, 0.4) is 0 Å². The molecule has 0 bridgehead atoms. The van der Waals surface area contributed by atoms with Crippen molar-refractivity contribution in [3.05, 3.63) is 47.2 Å². The van der Waals surface area contributed by atoms with Crippen LogP contribution in [0.5, 0.6) is 0 Å². The average Bonchev–Trinajstić information content (AvgIpc) is 2.51. The molecule has 0 aliphatic heterocycles. The predicted molar refractivity (Wildman–Crippen MR) is 84.0 cm³/mol. The molecule has 21 heavy (non-hydrogen) atoms. The molecule has 0 unspecified atom stereocenters. The number of anilines is 2. The molecule has 1 aromatic carbocycles. The van der Waals surface area contributed by atoms with Gasteiger partial charge in [0.1, 0.15) is 5.82 Å². The summed E-state index contributed by atoms with van der Waals surface area (Å²) in [5, 5.41) is 15.3. The van der Waals surface area contributed by atoms with E-state index in [0.717, 1.165) is 30.0 Å². The minimum Gasteiger partial charge on any atom is -0.366 e. The first-order valence-corrected chi connectivity index (χ1v) is 7.03. The zero-order valence-corrected chi connectivity index (χ0v) is 12.3. The van der Waals surface area contributed by atoms with Crippen molar-refractivity contribution in [2.24, 2.45) is 0 Å².